The smallest absolute Gasteiger partial charge is 0.309 e. The Morgan fingerprint density at radius 3 is 2.85 bits per heavy atom. The molecule has 76 valence electrons. The molecule has 1 fully saturated rings. The second-order valence-electron chi connectivity index (χ2n) is 3.05. The van der Waals surface area contributed by atoms with Gasteiger partial charge < -0.3 is 9.47 Å². The average Bonchev–Trinajstić information content (AvgIpc) is 2.19. The number of thioether (sulfide) groups is 1. The SMILES string of the molecule is CSCCOC(=O)C1CCOCC1. The molecule has 0 spiro atoms. The standard InChI is InChI=1S/C9H16O3S/c1-13-7-6-12-9(10)8-2-4-11-5-3-8/h8H,2-7H2,1H3. The molecule has 0 unspecified atom stereocenters. The number of esters is 1. The third kappa shape index (κ3) is 4.00. The van der Waals surface area contributed by atoms with Gasteiger partial charge in [-0.15, -0.1) is 0 Å². The number of ether oxygens (including phenoxy) is 2. The van der Waals surface area contributed by atoms with Crippen molar-refractivity contribution in [2.75, 3.05) is 31.8 Å². The summed E-state index contributed by atoms with van der Waals surface area (Å²) in [5.74, 6) is 0.919. The van der Waals surface area contributed by atoms with E-state index >= 15 is 0 Å². The van der Waals surface area contributed by atoms with Gasteiger partial charge in [0.15, 0.2) is 0 Å². The van der Waals surface area contributed by atoms with Gasteiger partial charge in [0.25, 0.3) is 0 Å². The fraction of sp³-hybridized carbons (Fsp3) is 0.889. The van der Waals surface area contributed by atoms with Crippen molar-refractivity contribution in [1.82, 2.24) is 0 Å². The Kier molecular flexibility index (Phi) is 5.23. The summed E-state index contributed by atoms with van der Waals surface area (Å²) in [4.78, 5) is 11.4. The van der Waals surface area contributed by atoms with Crippen LogP contribution in [0.15, 0.2) is 0 Å². The number of hydrogen-bond acceptors (Lipinski definition) is 4. The predicted octanol–water partition coefficient (Wildman–Crippen LogP) is 1.32. The first-order valence-electron chi connectivity index (χ1n) is 4.58. The molecule has 1 aliphatic rings. The molecule has 0 N–H and O–H groups in total. The van der Waals surface area contributed by atoms with Gasteiger partial charge in [0.1, 0.15) is 6.61 Å². The summed E-state index contributed by atoms with van der Waals surface area (Å²) in [6.45, 7) is 1.93. The quantitative estimate of drug-likeness (QED) is 0.511. The Hall–Kier alpha value is -0.220. The number of carbonyl (C=O) groups excluding carboxylic acids is 1. The molecule has 0 aromatic carbocycles. The van der Waals surface area contributed by atoms with Crippen molar-refractivity contribution in [3.05, 3.63) is 0 Å². The van der Waals surface area contributed by atoms with E-state index in [-0.39, 0.29) is 11.9 Å². The van der Waals surface area contributed by atoms with Gasteiger partial charge in [-0.1, -0.05) is 0 Å². The molecule has 3 nitrogen and oxygen atoms in total. The van der Waals surface area contributed by atoms with Gasteiger partial charge in [0.05, 0.1) is 5.92 Å². The molecule has 0 saturated carbocycles. The maximum atomic E-state index is 11.4. The molecule has 0 aromatic heterocycles. The molecule has 0 atom stereocenters. The van der Waals surface area contributed by atoms with E-state index in [1.165, 1.54) is 0 Å². The molecule has 1 heterocycles. The number of hydrogen-bond donors (Lipinski definition) is 0. The normalized spacial score (nSPS) is 18.5. The van der Waals surface area contributed by atoms with Crippen molar-refractivity contribution in [2.45, 2.75) is 12.8 Å². The molecule has 1 aliphatic heterocycles. The second kappa shape index (κ2) is 6.27. The van der Waals surface area contributed by atoms with Crippen LogP contribution in [0.1, 0.15) is 12.8 Å². The molecular weight excluding hydrogens is 188 g/mol. The summed E-state index contributed by atoms with van der Waals surface area (Å²) < 4.78 is 10.3. The van der Waals surface area contributed by atoms with Gasteiger partial charge in [-0.05, 0) is 19.1 Å². The van der Waals surface area contributed by atoms with Crippen molar-refractivity contribution < 1.29 is 14.3 Å². The highest BCUT2D eigenvalue weighted by molar-refractivity contribution is 7.98. The fourth-order valence-corrected chi connectivity index (χ4v) is 1.53. The second-order valence-corrected chi connectivity index (χ2v) is 4.03. The summed E-state index contributed by atoms with van der Waals surface area (Å²) >= 11 is 1.69. The van der Waals surface area contributed by atoms with E-state index < -0.39 is 0 Å². The topological polar surface area (TPSA) is 35.5 Å². The Labute approximate surface area is 83.2 Å². The lowest BCUT2D eigenvalue weighted by Gasteiger charge is -2.20. The van der Waals surface area contributed by atoms with E-state index in [9.17, 15) is 4.79 Å². The molecule has 0 aromatic rings. The fourth-order valence-electron chi connectivity index (χ4n) is 1.28. The highest BCUT2D eigenvalue weighted by atomic mass is 32.2. The molecule has 0 radical (unpaired) electrons. The van der Waals surface area contributed by atoms with Gasteiger partial charge in [-0.3, -0.25) is 4.79 Å². The minimum Gasteiger partial charge on any atom is -0.465 e. The summed E-state index contributed by atoms with van der Waals surface area (Å²) in [6.07, 6.45) is 3.64. The van der Waals surface area contributed by atoms with Crippen LogP contribution < -0.4 is 0 Å². The first-order valence-corrected chi connectivity index (χ1v) is 5.97. The minimum atomic E-state index is -0.0441. The van der Waals surface area contributed by atoms with E-state index in [4.69, 9.17) is 9.47 Å². The molecule has 13 heavy (non-hydrogen) atoms. The monoisotopic (exact) mass is 204 g/mol. The largest absolute Gasteiger partial charge is 0.465 e. The maximum absolute atomic E-state index is 11.4. The van der Waals surface area contributed by atoms with Crippen LogP contribution in [-0.4, -0.2) is 37.8 Å². The Bertz CT molecular complexity index is 155. The van der Waals surface area contributed by atoms with E-state index in [0.29, 0.717) is 19.8 Å². The van der Waals surface area contributed by atoms with E-state index in [1.807, 2.05) is 6.26 Å². The molecule has 0 aliphatic carbocycles. The lowest BCUT2D eigenvalue weighted by atomic mass is 10.0. The summed E-state index contributed by atoms with van der Waals surface area (Å²) in [5.41, 5.74) is 0. The molecule has 0 amide bonds. The number of carbonyl (C=O) groups is 1. The van der Waals surface area contributed by atoms with Crippen molar-refractivity contribution in [1.29, 1.82) is 0 Å². The molecule has 4 heteroatoms. The highest BCUT2D eigenvalue weighted by Crippen LogP contribution is 2.16. The van der Waals surface area contributed by atoms with Gasteiger partial charge in [0, 0.05) is 19.0 Å². The van der Waals surface area contributed by atoms with Crippen molar-refractivity contribution in [2.24, 2.45) is 5.92 Å². The number of rotatable bonds is 4. The van der Waals surface area contributed by atoms with Gasteiger partial charge in [0.2, 0.25) is 0 Å². The maximum Gasteiger partial charge on any atom is 0.309 e. The van der Waals surface area contributed by atoms with Crippen molar-refractivity contribution in [3.63, 3.8) is 0 Å². The zero-order chi connectivity index (χ0) is 9.52. The lowest BCUT2D eigenvalue weighted by molar-refractivity contribution is -0.150. The van der Waals surface area contributed by atoms with Crippen LogP contribution in [0.2, 0.25) is 0 Å². The lowest BCUT2D eigenvalue weighted by Crippen LogP contribution is -2.25. The van der Waals surface area contributed by atoms with Crippen LogP contribution in [0.3, 0.4) is 0 Å². The van der Waals surface area contributed by atoms with E-state index in [2.05, 4.69) is 0 Å². The zero-order valence-electron chi connectivity index (χ0n) is 7.95. The van der Waals surface area contributed by atoms with Gasteiger partial charge >= 0.3 is 5.97 Å². The van der Waals surface area contributed by atoms with Crippen LogP contribution in [0.25, 0.3) is 0 Å². The molecule has 0 bridgehead atoms. The molecule has 1 saturated heterocycles. The predicted molar refractivity (Wildman–Crippen MR) is 52.9 cm³/mol. The van der Waals surface area contributed by atoms with E-state index in [1.54, 1.807) is 11.8 Å². The Morgan fingerprint density at radius 2 is 2.23 bits per heavy atom. The van der Waals surface area contributed by atoms with Crippen LogP contribution in [0, 0.1) is 5.92 Å². The first kappa shape index (κ1) is 10.9. The van der Waals surface area contributed by atoms with Crippen molar-refractivity contribution >= 4 is 17.7 Å². The van der Waals surface area contributed by atoms with Crippen LogP contribution in [-0.2, 0) is 14.3 Å². The third-order valence-corrected chi connectivity index (χ3v) is 2.66. The van der Waals surface area contributed by atoms with Crippen molar-refractivity contribution in [3.8, 4) is 0 Å². The minimum absolute atomic E-state index is 0.0441. The highest BCUT2D eigenvalue weighted by Gasteiger charge is 2.22. The van der Waals surface area contributed by atoms with Crippen LogP contribution in [0.5, 0.6) is 0 Å². The Balaban J connectivity index is 2.13. The van der Waals surface area contributed by atoms with Crippen LogP contribution >= 0.6 is 11.8 Å². The van der Waals surface area contributed by atoms with Gasteiger partial charge in [-0.2, -0.15) is 11.8 Å². The summed E-state index contributed by atoms with van der Waals surface area (Å²) in [5, 5.41) is 0. The van der Waals surface area contributed by atoms with Gasteiger partial charge in [-0.25, -0.2) is 0 Å². The molecular formula is C9H16O3S. The third-order valence-electron chi connectivity index (χ3n) is 2.09. The average molecular weight is 204 g/mol. The van der Waals surface area contributed by atoms with Crippen LogP contribution in [0.4, 0.5) is 0 Å². The summed E-state index contributed by atoms with van der Waals surface area (Å²) in [7, 11) is 0. The van der Waals surface area contributed by atoms with E-state index in [0.717, 1.165) is 18.6 Å². The first-order chi connectivity index (χ1) is 6.34. The summed E-state index contributed by atoms with van der Waals surface area (Å²) in [6, 6.07) is 0. The Morgan fingerprint density at radius 1 is 1.54 bits per heavy atom. The zero-order valence-corrected chi connectivity index (χ0v) is 8.77. The molecule has 1 rings (SSSR count).